The van der Waals surface area contributed by atoms with Gasteiger partial charge in [0, 0.05) is 14.7 Å². The van der Waals surface area contributed by atoms with Crippen molar-refractivity contribution in [3.8, 4) is 0 Å². The molecule has 5 nitrogen and oxygen atoms in total. The highest BCUT2D eigenvalue weighted by molar-refractivity contribution is 6.76. The molecule has 0 unspecified atom stereocenters. The number of fused-ring (bicyclic) bond motifs is 1. The summed E-state index contributed by atoms with van der Waals surface area (Å²) in [4.78, 5) is 15.0. The molecule has 1 N–H and O–H groups in total. The lowest BCUT2D eigenvalue weighted by Crippen LogP contribution is -2.22. The van der Waals surface area contributed by atoms with Gasteiger partial charge in [-0.2, -0.15) is 0 Å². The first-order valence-corrected chi connectivity index (χ1v) is 11.0. The number of rotatable bonds is 6. The summed E-state index contributed by atoms with van der Waals surface area (Å²) in [6.07, 6.45) is 0. The van der Waals surface area contributed by atoms with E-state index in [1.54, 1.807) is 0 Å². The zero-order valence-corrected chi connectivity index (χ0v) is 14.7. The number of carbonyl (C=O) groups is 1. The van der Waals surface area contributed by atoms with Crippen molar-refractivity contribution in [1.82, 2.24) is 9.55 Å². The van der Waals surface area contributed by atoms with Gasteiger partial charge in [0.15, 0.2) is 11.6 Å². The number of halogens is 3. The lowest BCUT2D eigenvalue weighted by Gasteiger charge is -2.16. The molecule has 0 saturated heterocycles. The summed E-state index contributed by atoms with van der Waals surface area (Å²) >= 11 is 5.94. The van der Waals surface area contributed by atoms with Crippen molar-refractivity contribution in [2.75, 3.05) is 6.61 Å². The van der Waals surface area contributed by atoms with Crippen LogP contribution in [-0.2, 0) is 11.5 Å². The Morgan fingerprint density at radius 1 is 1.43 bits per heavy atom. The van der Waals surface area contributed by atoms with Crippen LogP contribution in [0.4, 0.5) is 8.78 Å². The third-order valence-electron chi connectivity index (χ3n) is 3.31. The highest BCUT2D eigenvalue weighted by atomic mass is 35.5. The normalized spacial score (nSPS) is 12.1. The van der Waals surface area contributed by atoms with Crippen molar-refractivity contribution in [2.45, 2.75) is 32.4 Å². The van der Waals surface area contributed by atoms with Crippen LogP contribution >= 0.6 is 11.6 Å². The van der Waals surface area contributed by atoms with E-state index in [1.807, 2.05) is 0 Å². The number of carboxylic acids is 1. The number of nitrogens with zero attached hydrogens (tertiary/aromatic N) is 2. The second-order valence-electron chi connectivity index (χ2n) is 6.38. The van der Waals surface area contributed by atoms with Crippen LogP contribution in [0.2, 0.25) is 31.0 Å². The number of hydrogen-bond acceptors (Lipinski definition) is 3. The molecule has 0 saturated carbocycles. The number of aromatic nitrogens is 2. The van der Waals surface area contributed by atoms with Crippen molar-refractivity contribution < 1.29 is 23.4 Å². The Kier molecular flexibility index (Phi) is 5.07. The summed E-state index contributed by atoms with van der Waals surface area (Å²) in [6, 6.07) is 1.53. The van der Waals surface area contributed by atoms with Gasteiger partial charge in [0.2, 0.25) is 5.28 Å². The van der Waals surface area contributed by atoms with E-state index in [2.05, 4.69) is 24.6 Å². The van der Waals surface area contributed by atoms with Crippen LogP contribution in [0.3, 0.4) is 0 Å². The Morgan fingerprint density at radius 3 is 2.65 bits per heavy atom. The maximum Gasteiger partial charge on any atom is 0.338 e. The van der Waals surface area contributed by atoms with Gasteiger partial charge in [-0.05, 0) is 23.7 Å². The zero-order chi connectivity index (χ0) is 17.4. The largest absolute Gasteiger partial charge is 0.478 e. The van der Waals surface area contributed by atoms with Gasteiger partial charge in [-0.3, -0.25) is 4.57 Å². The van der Waals surface area contributed by atoms with Gasteiger partial charge < -0.3 is 9.84 Å². The number of benzene rings is 1. The average molecular weight is 363 g/mol. The molecule has 0 atom stereocenters. The monoisotopic (exact) mass is 362 g/mol. The molecule has 1 aromatic carbocycles. The van der Waals surface area contributed by atoms with Gasteiger partial charge >= 0.3 is 5.97 Å². The van der Waals surface area contributed by atoms with E-state index in [9.17, 15) is 18.7 Å². The Bertz CT molecular complexity index is 759. The lowest BCUT2D eigenvalue weighted by molar-refractivity contribution is 0.0695. The van der Waals surface area contributed by atoms with Crippen LogP contribution in [0.15, 0.2) is 6.07 Å². The summed E-state index contributed by atoms with van der Waals surface area (Å²) in [5.74, 6) is -3.91. The number of hydrogen-bond donors (Lipinski definition) is 1. The van der Waals surface area contributed by atoms with Crippen LogP contribution in [-0.4, -0.2) is 35.3 Å². The maximum absolute atomic E-state index is 13.8. The van der Waals surface area contributed by atoms with E-state index in [4.69, 9.17) is 16.3 Å². The summed E-state index contributed by atoms with van der Waals surface area (Å²) in [6.45, 7) is 6.97. The first-order chi connectivity index (χ1) is 10.6. The Balaban J connectivity index is 2.38. The summed E-state index contributed by atoms with van der Waals surface area (Å²) in [5.41, 5.74) is -0.914. The molecular weight excluding hydrogens is 346 g/mol. The predicted octanol–water partition coefficient (Wildman–Crippen LogP) is 3.98. The molecule has 2 aromatic rings. The maximum atomic E-state index is 13.8. The van der Waals surface area contributed by atoms with Crippen LogP contribution in [0.5, 0.6) is 0 Å². The molecule has 0 spiro atoms. The second-order valence-corrected chi connectivity index (χ2v) is 12.3. The molecular formula is C14H17ClF2N2O3Si. The van der Waals surface area contributed by atoms with Gasteiger partial charge in [-0.15, -0.1) is 0 Å². The fraction of sp³-hybridized carbons (Fsp3) is 0.429. The van der Waals surface area contributed by atoms with Gasteiger partial charge in [0.05, 0.1) is 11.1 Å². The van der Waals surface area contributed by atoms with E-state index < -0.39 is 36.8 Å². The van der Waals surface area contributed by atoms with Crippen molar-refractivity contribution in [2.24, 2.45) is 0 Å². The Hall–Kier alpha value is -1.51. The minimum Gasteiger partial charge on any atom is -0.478 e. The highest BCUT2D eigenvalue weighted by Crippen LogP contribution is 2.28. The van der Waals surface area contributed by atoms with Gasteiger partial charge in [-0.1, -0.05) is 19.6 Å². The smallest absolute Gasteiger partial charge is 0.338 e. The third kappa shape index (κ3) is 3.88. The van der Waals surface area contributed by atoms with E-state index in [1.165, 1.54) is 4.57 Å². The first-order valence-electron chi connectivity index (χ1n) is 6.96. The molecule has 2 rings (SSSR count). The average Bonchev–Trinajstić information content (AvgIpc) is 2.75. The van der Waals surface area contributed by atoms with Gasteiger partial charge in [0.1, 0.15) is 12.2 Å². The van der Waals surface area contributed by atoms with Crippen molar-refractivity contribution in [3.63, 3.8) is 0 Å². The van der Waals surface area contributed by atoms with Crippen LogP contribution in [0.1, 0.15) is 10.4 Å². The minimum absolute atomic E-state index is 0.0782. The molecule has 0 amide bonds. The predicted molar refractivity (Wildman–Crippen MR) is 85.7 cm³/mol. The number of imidazole rings is 1. The Morgan fingerprint density at radius 2 is 2.09 bits per heavy atom. The van der Waals surface area contributed by atoms with E-state index in [0.29, 0.717) is 12.7 Å². The lowest BCUT2D eigenvalue weighted by atomic mass is 10.1. The summed E-state index contributed by atoms with van der Waals surface area (Å²) in [5, 5.41) is 9.05. The van der Waals surface area contributed by atoms with E-state index in [0.717, 1.165) is 6.04 Å². The molecule has 1 heterocycles. The number of carboxylic acid groups (broad SMARTS) is 1. The summed E-state index contributed by atoms with van der Waals surface area (Å²) < 4.78 is 34.1. The zero-order valence-electron chi connectivity index (χ0n) is 13.0. The van der Waals surface area contributed by atoms with Crippen molar-refractivity contribution in [1.29, 1.82) is 0 Å². The van der Waals surface area contributed by atoms with Gasteiger partial charge in [-0.25, -0.2) is 18.6 Å². The fourth-order valence-electron chi connectivity index (χ4n) is 2.04. The van der Waals surface area contributed by atoms with Crippen LogP contribution < -0.4 is 0 Å². The molecule has 0 aliphatic carbocycles. The molecule has 0 aliphatic heterocycles. The summed E-state index contributed by atoms with van der Waals surface area (Å²) in [7, 11) is -1.28. The first kappa shape index (κ1) is 17.8. The number of ether oxygens (including phenoxy) is 1. The molecule has 0 aliphatic rings. The van der Waals surface area contributed by atoms with Gasteiger partial charge in [0.25, 0.3) is 0 Å². The standard InChI is InChI=1S/C14H17ClF2N2O3Si/c1-23(2,3)5-4-22-7-19-12-8(13(20)21)6-9(16)10(17)11(12)18-14(19)15/h6H,4-5,7H2,1-3H3,(H,20,21). The third-order valence-corrected chi connectivity index (χ3v) is 5.30. The number of aromatic carboxylic acids is 1. The molecule has 126 valence electrons. The van der Waals surface area contributed by atoms with Crippen LogP contribution in [0.25, 0.3) is 11.0 Å². The van der Waals surface area contributed by atoms with Crippen LogP contribution in [0, 0.1) is 11.6 Å². The van der Waals surface area contributed by atoms with E-state index in [-0.39, 0.29) is 17.5 Å². The molecule has 1 aromatic heterocycles. The molecule has 0 radical (unpaired) electrons. The Labute approximate surface area is 137 Å². The highest BCUT2D eigenvalue weighted by Gasteiger charge is 2.23. The molecule has 0 fully saturated rings. The SMILES string of the molecule is C[Si](C)(C)CCOCn1c(Cl)nc2c(F)c(F)cc(C(=O)O)c21. The minimum atomic E-state index is -1.39. The molecule has 23 heavy (non-hydrogen) atoms. The second kappa shape index (κ2) is 6.54. The topological polar surface area (TPSA) is 64.4 Å². The van der Waals surface area contributed by atoms with Crippen molar-refractivity contribution in [3.05, 3.63) is 28.5 Å². The molecule has 9 heteroatoms. The quantitative estimate of drug-likeness (QED) is 0.623. The fourth-order valence-corrected chi connectivity index (χ4v) is 3.01. The van der Waals surface area contributed by atoms with Crippen molar-refractivity contribution >= 4 is 36.7 Å². The van der Waals surface area contributed by atoms with E-state index >= 15 is 0 Å². The molecule has 0 bridgehead atoms.